The van der Waals surface area contributed by atoms with Gasteiger partial charge < -0.3 is 15.0 Å². The third kappa shape index (κ3) is 2.23. The van der Waals surface area contributed by atoms with Crippen LogP contribution >= 0.6 is 0 Å². The molecule has 7 nitrogen and oxygen atoms in total. The molecular formula is C15H18N6O. The maximum absolute atomic E-state index is 5.45. The summed E-state index contributed by atoms with van der Waals surface area (Å²) in [6, 6.07) is 4.09. The van der Waals surface area contributed by atoms with Crippen LogP contribution in [0.1, 0.15) is 12.7 Å². The highest BCUT2D eigenvalue weighted by atomic mass is 16.5. The van der Waals surface area contributed by atoms with Gasteiger partial charge in [0, 0.05) is 31.1 Å². The van der Waals surface area contributed by atoms with Gasteiger partial charge >= 0.3 is 0 Å². The van der Waals surface area contributed by atoms with Crippen LogP contribution < -0.4 is 10.2 Å². The Morgan fingerprint density at radius 2 is 2.18 bits per heavy atom. The Hall–Kier alpha value is -2.41. The topological polar surface area (TPSA) is 67.0 Å². The monoisotopic (exact) mass is 298 g/mol. The zero-order chi connectivity index (χ0) is 14.9. The minimum absolute atomic E-state index is 0.0480. The molecule has 1 atom stereocenters. The first-order valence-corrected chi connectivity index (χ1v) is 7.49. The van der Waals surface area contributed by atoms with Crippen LogP contribution in [-0.4, -0.2) is 53.3 Å². The number of hydrogen-bond donors (Lipinski definition) is 1. The normalized spacial score (nSPS) is 21.8. The van der Waals surface area contributed by atoms with E-state index in [1.54, 1.807) is 6.34 Å². The fraction of sp³-hybridized carbons (Fsp3) is 0.400. The second-order valence-electron chi connectivity index (χ2n) is 5.42. The predicted molar refractivity (Wildman–Crippen MR) is 85.1 cm³/mol. The fourth-order valence-electron chi connectivity index (χ4n) is 2.78. The van der Waals surface area contributed by atoms with E-state index in [1.807, 2.05) is 36.0 Å². The standard InChI is InChI=1S/C15H18N6O/c1-11-12(9-16-10-17-11)14-18-15(20-5-7-22-8-6-20)13-3-2-4-21(13)19-14/h2-4,9-11H,5-8H2,1H3,(H,16,17). The van der Waals surface area contributed by atoms with E-state index < -0.39 is 0 Å². The van der Waals surface area contributed by atoms with Crippen LogP contribution in [0.3, 0.4) is 0 Å². The van der Waals surface area contributed by atoms with E-state index in [1.165, 1.54) is 0 Å². The molecule has 0 radical (unpaired) electrons. The van der Waals surface area contributed by atoms with Crippen molar-refractivity contribution in [1.29, 1.82) is 0 Å². The van der Waals surface area contributed by atoms with E-state index in [9.17, 15) is 0 Å². The molecule has 1 N–H and O–H groups in total. The lowest BCUT2D eigenvalue weighted by molar-refractivity contribution is 0.122. The molecule has 0 aliphatic carbocycles. The number of aliphatic imine (C=N–C) groups is 1. The molecule has 4 rings (SSSR count). The summed E-state index contributed by atoms with van der Waals surface area (Å²) in [5, 5.41) is 7.66. The van der Waals surface area contributed by atoms with Crippen molar-refractivity contribution in [2.75, 3.05) is 31.2 Å². The Bertz CT molecular complexity index is 744. The van der Waals surface area contributed by atoms with E-state index in [0.717, 1.165) is 43.2 Å². The highest BCUT2D eigenvalue weighted by molar-refractivity contribution is 5.76. The molecule has 4 heterocycles. The third-order valence-electron chi connectivity index (χ3n) is 4.00. The number of rotatable bonds is 2. The van der Waals surface area contributed by atoms with Crippen molar-refractivity contribution >= 4 is 23.2 Å². The van der Waals surface area contributed by atoms with Gasteiger partial charge in [-0.05, 0) is 19.1 Å². The first kappa shape index (κ1) is 13.3. The Kier molecular flexibility index (Phi) is 3.27. The minimum atomic E-state index is 0.0480. The summed E-state index contributed by atoms with van der Waals surface area (Å²) in [5.74, 6) is 1.67. The predicted octanol–water partition coefficient (Wildman–Crippen LogP) is 0.927. The highest BCUT2D eigenvalue weighted by Gasteiger charge is 2.21. The lowest BCUT2D eigenvalue weighted by Crippen LogP contribution is -2.37. The molecule has 0 bridgehead atoms. The van der Waals surface area contributed by atoms with Crippen LogP contribution in [0.25, 0.3) is 11.1 Å². The molecule has 0 saturated carbocycles. The van der Waals surface area contributed by atoms with Gasteiger partial charge in [0.1, 0.15) is 5.52 Å². The Morgan fingerprint density at radius 3 is 3.00 bits per heavy atom. The number of anilines is 1. The molecule has 22 heavy (non-hydrogen) atoms. The van der Waals surface area contributed by atoms with Crippen molar-refractivity contribution in [3.63, 3.8) is 0 Å². The lowest BCUT2D eigenvalue weighted by Gasteiger charge is -2.28. The number of nitrogens with one attached hydrogen (secondary N) is 1. The molecule has 114 valence electrons. The average molecular weight is 298 g/mol. The van der Waals surface area contributed by atoms with Crippen LogP contribution in [0.5, 0.6) is 0 Å². The van der Waals surface area contributed by atoms with Crippen molar-refractivity contribution in [3.8, 4) is 0 Å². The van der Waals surface area contributed by atoms with Gasteiger partial charge in [0.2, 0.25) is 0 Å². The van der Waals surface area contributed by atoms with Gasteiger partial charge in [-0.25, -0.2) is 9.50 Å². The van der Waals surface area contributed by atoms with Gasteiger partial charge in [0.25, 0.3) is 0 Å². The van der Waals surface area contributed by atoms with Crippen molar-refractivity contribution in [2.24, 2.45) is 4.99 Å². The summed E-state index contributed by atoms with van der Waals surface area (Å²) in [6.45, 7) is 5.21. The van der Waals surface area contributed by atoms with Gasteiger partial charge in [-0.2, -0.15) is 0 Å². The van der Waals surface area contributed by atoms with Gasteiger partial charge in [-0.15, -0.1) is 5.10 Å². The number of aromatic nitrogens is 3. The Morgan fingerprint density at radius 1 is 1.32 bits per heavy atom. The van der Waals surface area contributed by atoms with Crippen molar-refractivity contribution in [3.05, 3.63) is 30.4 Å². The summed E-state index contributed by atoms with van der Waals surface area (Å²) in [4.78, 5) is 11.5. The number of nitrogens with zero attached hydrogens (tertiary/aromatic N) is 5. The molecule has 7 heteroatoms. The number of morpholine rings is 1. The van der Waals surface area contributed by atoms with E-state index in [4.69, 9.17) is 9.72 Å². The number of fused-ring (bicyclic) bond motifs is 1. The maximum Gasteiger partial charge on any atom is 0.181 e. The molecule has 2 aliphatic heterocycles. The summed E-state index contributed by atoms with van der Waals surface area (Å²) in [7, 11) is 0. The van der Waals surface area contributed by atoms with Crippen LogP contribution in [0.2, 0.25) is 0 Å². The molecule has 2 aromatic heterocycles. The zero-order valence-electron chi connectivity index (χ0n) is 12.4. The summed E-state index contributed by atoms with van der Waals surface area (Å²) < 4.78 is 7.33. The smallest absolute Gasteiger partial charge is 0.181 e. The number of hydrogen-bond acceptors (Lipinski definition) is 6. The molecule has 1 fully saturated rings. The van der Waals surface area contributed by atoms with E-state index in [0.29, 0.717) is 5.82 Å². The maximum atomic E-state index is 5.45. The van der Waals surface area contributed by atoms with Gasteiger partial charge in [-0.3, -0.25) is 4.99 Å². The summed E-state index contributed by atoms with van der Waals surface area (Å²) >= 11 is 0. The first-order valence-electron chi connectivity index (χ1n) is 7.49. The molecule has 0 aromatic carbocycles. The highest BCUT2D eigenvalue weighted by Crippen LogP contribution is 2.25. The second kappa shape index (κ2) is 5.42. The summed E-state index contributed by atoms with van der Waals surface area (Å²) in [6.07, 6.45) is 5.58. The average Bonchev–Trinajstić information content (AvgIpc) is 3.03. The Balaban J connectivity index is 1.81. The van der Waals surface area contributed by atoms with Gasteiger partial charge in [0.15, 0.2) is 11.6 Å². The largest absolute Gasteiger partial charge is 0.378 e. The van der Waals surface area contributed by atoms with Gasteiger partial charge in [-0.1, -0.05) is 0 Å². The quantitative estimate of drug-likeness (QED) is 0.893. The third-order valence-corrected chi connectivity index (χ3v) is 4.00. The van der Waals surface area contributed by atoms with Crippen molar-refractivity contribution < 1.29 is 4.74 Å². The molecule has 2 aromatic rings. The van der Waals surface area contributed by atoms with Crippen LogP contribution in [0.15, 0.2) is 29.5 Å². The molecule has 0 amide bonds. The van der Waals surface area contributed by atoms with Crippen LogP contribution in [-0.2, 0) is 4.74 Å². The summed E-state index contributed by atoms with van der Waals surface area (Å²) in [5.41, 5.74) is 2.01. The molecular weight excluding hydrogens is 280 g/mol. The molecule has 1 saturated heterocycles. The second-order valence-corrected chi connectivity index (χ2v) is 5.42. The zero-order valence-corrected chi connectivity index (χ0v) is 12.4. The van der Waals surface area contributed by atoms with E-state index >= 15 is 0 Å². The minimum Gasteiger partial charge on any atom is -0.378 e. The lowest BCUT2D eigenvalue weighted by atomic mass is 10.1. The van der Waals surface area contributed by atoms with Crippen LogP contribution in [0, 0.1) is 0 Å². The van der Waals surface area contributed by atoms with E-state index in [2.05, 4.69) is 20.3 Å². The molecule has 1 unspecified atom stereocenters. The molecule has 2 aliphatic rings. The van der Waals surface area contributed by atoms with Crippen LogP contribution in [0.4, 0.5) is 5.82 Å². The Labute approximate surface area is 128 Å². The van der Waals surface area contributed by atoms with E-state index in [-0.39, 0.29) is 6.04 Å². The molecule has 0 spiro atoms. The first-order chi connectivity index (χ1) is 10.8. The number of ether oxygens (including phenoxy) is 1. The van der Waals surface area contributed by atoms with Crippen molar-refractivity contribution in [2.45, 2.75) is 13.0 Å². The SMILES string of the molecule is CC1N=CNC=C1c1nc(N2CCOCC2)c2cccn2n1. The van der Waals surface area contributed by atoms with Crippen molar-refractivity contribution in [1.82, 2.24) is 19.9 Å². The fourth-order valence-corrected chi connectivity index (χ4v) is 2.78. The van der Waals surface area contributed by atoms with Gasteiger partial charge in [0.05, 0.1) is 25.6 Å².